The number of phenols is 1. The van der Waals surface area contributed by atoms with Crippen molar-refractivity contribution >= 4 is 21.8 Å². The summed E-state index contributed by atoms with van der Waals surface area (Å²) in [6, 6.07) is 13.7. The number of phenolic OH excluding ortho intramolecular Hbond substituents is 1. The molecule has 5 heteroatoms. The molecule has 2 aromatic carbocycles. The average Bonchev–Trinajstić information content (AvgIpc) is 3.22. The van der Waals surface area contributed by atoms with Crippen LogP contribution in [-0.4, -0.2) is 28.2 Å². The van der Waals surface area contributed by atoms with Crippen LogP contribution in [0.25, 0.3) is 21.8 Å². The van der Waals surface area contributed by atoms with Gasteiger partial charge in [-0.2, -0.15) is 0 Å². The molecule has 0 spiro atoms. The number of fused-ring (bicyclic) bond motifs is 2. The Labute approximate surface area is 146 Å². The summed E-state index contributed by atoms with van der Waals surface area (Å²) in [5.74, 6) is 0.321. The molecule has 0 fully saturated rings. The van der Waals surface area contributed by atoms with E-state index >= 15 is 0 Å². The van der Waals surface area contributed by atoms with Crippen molar-refractivity contribution in [2.24, 2.45) is 11.5 Å². The summed E-state index contributed by atoms with van der Waals surface area (Å²) in [6.07, 6.45) is 5.68. The molecule has 0 saturated heterocycles. The van der Waals surface area contributed by atoms with Crippen LogP contribution in [0.15, 0.2) is 54.9 Å². The predicted molar refractivity (Wildman–Crippen MR) is 104 cm³/mol. The van der Waals surface area contributed by atoms with E-state index in [2.05, 4.69) is 28.2 Å². The van der Waals surface area contributed by atoms with Gasteiger partial charge in [0.05, 0.1) is 0 Å². The molecule has 0 unspecified atom stereocenters. The number of aromatic nitrogens is 2. The van der Waals surface area contributed by atoms with Crippen LogP contribution in [-0.2, 0) is 12.8 Å². The average molecular weight is 336 g/mol. The summed E-state index contributed by atoms with van der Waals surface area (Å²) in [6.45, 7) is 1.31. The number of H-pyrrole nitrogens is 2. The van der Waals surface area contributed by atoms with E-state index in [0.717, 1.165) is 29.3 Å². The van der Waals surface area contributed by atoms with Crippen LogP contribution >= 0.6 is 0 Å². The zero-order valence-corrected chi connectivity index (χ0v) is 14.1. The predicted octanol–water partition coefficient (Wildman–Crippen LogP) is 3.04. The summed E-state index contributed by atoms with van der Waals surface area (Å²) >= 11 is 0. The van der Waals surface area contributed by atoms with E-state index in [4.69, 9.17) is 11.5 Å². The maximum Gasteiger partial charge on any atom is 0.125 e. The van der Waals surface area contributed by atoms with Crippen LogP contribution in [0.2, 0.25) is 0 Å². The minimum atomic E-state index is 0.321. The smallest absolute Gasteiger partial charge is 0.125 e. The highest BCUT2D eigenvalue weighted by atomic mass is 16.3. The Hall–Kier alpha value is -2.76. The second-order valence-corrected chi connectivity index (χ2v) is 5.95. The molecule has 0 atom stereocenters. The van der Waals surface area contributed by atoms with Gasteiger partial charge < -0.3 is 26.5 Å². The second kappa shape index (κ2) is 7.88. The van der Waals surface area contributed by atoms with Crippen molar-refractivity contribution in [1.82, 2.24) is 9.97 Å². The molecule has 130 valence electrons. The van der Waals surface area contributed by atoms with Crippen LogP contribution in [0.4, 0.5) is 0 Å². The third kappa shape index (κ3) is 3.68. The molecule has 0 amide bonds. The number of hydrogen-bond donors (Lipinski definition) is 5. The maximum absolute atomic E-state index is 9.61. The molecule has 4 rings (SSSR count). The Bertz CT molecular complexity index is 955. The van der Waals surface area contributed by atoms with Gasteiger partial charge in [-0.05, 0) is 55.3 Å². The van der Waals surface area contributed by atoms with Gasteiger partial charge in [0.25, 0.3) is 0 Å². The van der Waals surface area contributed by atoms with Gasteiger partial charge in [-0.25, -0.2) is 0 Å². The van der Waals surface area contributed by atoms with Crippen LogP contribution < -0.4 is 11.5 Å². The summed E-state index contributed by atoms with van der Waals surface area (Å²) < 4.78 is 0. The van der Waals surface area contributed by atoms with Crippen molar-refractivity contribution in [3.05, 3.63) is 66.0 Å². The zero-order valence-electron chi connectivity index (χ0n) is 14.1. The van der Waals surface area contributed by atoms with Gasteiger partial charge in [0.15, 0.2) is 0 Å². The van der Waals surface area contributed by atoms with Crippen molar-refractivity contribution in [1.29, 1.82) is 0 Å². The van der Waals surface area contributed by atoms with E-state index in [1.807, 2.05) is 30.6 Å². The molecule has 0 radical (unpaired) electrons. The number of nitrogens with one attached hydrogen (secondary N) is 2. The largest absolute Gasteiger partial charge is 0.507 e. The van der Waals surface area contributed by atoms with Gasteiger partial charge in [0, 0.05) is 34.2 Å². The number of para-hydroxylation sites is 1. The van der Waals surface area contributed by atoms with Crippen LogP contribution in [0, 0.1) is 0 Å². The Balaban J connectivity index is 0.000000146. The SMILES string of the molecule is NCCc1c[nH]c2cccc(O)c12.NCCc1c[nH]c2ccccc12. The number of rotatable bonds is 4. The molecule has 0 aliphatic heterocycles. The van der Waals surface area contributed by atoms with E-state index in [1.54, 1.807) is 6.07 Å². The van der Waals surface area contributed by atoms with Crippen LogP contribution in [0.1, 0.15) is 11.1 Å². The lowest BCUT2D eigenvalue weighted by atomic mass is 10.1. The number of benzene rings is 2. The Morgan fingerprint density at radius 1 is 0.760 bits per heavy atom. The molecule has 0 bridgehead atoms. The summed E-state index contributed by atoms with van der Waals surface area (Å²) in [4.78, 5) is 6.32. The Kier molecular flexibility index (Phi) is 5.38. The van der Waals surface area contributed by atoms with E-state index in [0.29, 0.717) is 18.8 Å². The lowest BCUT2D eigenvalue weighted by Gasteiger charge is -1.98. The van der Waals surface area contributed by atoms with Gasteiger partial charge in [-0.3, -0.25) is 0 Å². The first-order chi connectivity index (χ1) is 12.2. The van der Waals surface area contributed by atoms with Gasteiger partial charge in [0.1, 0.15) is 5.75 Å². The molecule has 2 heterocycles. The fraction of sp³-hybridized carbons (Fsp3) is 0.200. The first-order valence-corrected chi connectivity index (χ1v) is 8.47. The lowest BCUT2D eigenvalue weighted by Crippen LogP contribution is -2.01. The minimum Gasteiger partial charge on any atom is -0.507 e. The lowest BCUT2D eigenvalue weighted by molar-refractivity contribution is 0.481. The maximum atomic E-state index is 9.61. The van der Waals surface area contributed by atoms with Crippen molar-refractivity contribution in [2.75, 3.05) is 13.1 Å². The van der Waals surface area contributed by atoms with Gasteiger partial charge in [0.2, 0.25) is 0 Å². The summed E-state index contributed by atoms with van der Waals surface area (Å²) in [5, 5.41) is 11.8. The molecule has 2 aromatic heterocycles. The molecule has 0 aliphatic rings. The fourth-order valence-electron chi connectivity index (χ4n) is 3.08. The van der Waals surface area contributed by atoms with E-state index in [1.165, 1.54) is 16.5 Å². The quantitative estimate of drug-likeness (QED) is 0.395. The standard InChI is InChI=1S/C10H12N2O.C10H12N2/c11-5-4-7-6-12-8-2-1-3-9(13)10(7)8;11-6-5-8-7-12-10-4-2-1-3-9(8)10/h1-3,6,12-13H,4-5,11H2;1-4,7,12H,5-6,11H2. The first kappa shape index (κ1) is 17.1. The first-order valence-electron chi connectivity index (χ1n) is 8.47. The minimum absolute atomic E-state index is 0.321. The van der Waals surface area contributed by atoms with Crippen LogP contribution in [0.5, 0.6) is 5.75 Å². The van der Waals surface area contributed by atoms with Crippen molar-refractivity contribution in [3.8, 4) is 5.75 Å². The van der Waals surface area contributed by atoms with Crippen molar-refractivity contribution in [3.63, 3.8) is 0 Å². The molecule has 5 nitrogen and oxygen atoms in total. The topological polar surface area (TPSA) is 104 Å². The van der Waals surface area contributed by atoms with Gasteiger partial charge in [-0.15, -0.1) is 0 Å². The highest BCUT2D eigenvalue weighted by Crippen LogP contribution is 2.27. The summed E-state index contributed by atoms with van der Waals surface area (Å²) in [7, 11) is 0. The van der Waals surface area contributed by atoms with Crippen molar-refractivity contribution in [2.45, 2.75) is 12.8 Å². The molecule has 25 heavy (non-hydrogen) atoms. The molecular weight excluding hydrogens is 312 g/mol. The zero-order chi connectivity index (χ0) is 17.6. The summed E-state index contributed by atoms with van der Waals surface area (Å²) in [5.41, 5.74) is 15.5. The normalized spacial score (nSPS) is 10.8. The highest BCUT2D eigenvalue weighted by molar-refractivity contribution is 5.89. The number of nitrogens with two attached hydrogens (primary N) is 2. The van der Waals surface area contributed by atoms with E-state index in [-0.39, 0.29) is 0 Å². The second-order valence-electron chi connectivity index (χ2n) is 5.95. The Morgan fingerprint density at radius 2 is 1.40 bits per heavy atom. The van der Waals surface area contributed by atoms with Crippen molar-refractivity contribution < 1.29 is 5.11 Å². The number of aromatic hydroxyl groups is 1. The van der Waals surface area contributed by atoms with Gasteiger partial charge >= 0.3 is 0 Å². The third-order valence-electron chi connectivity index (χ3n) is 4.27. The molecule has 0 saturated carbocycles. The number of hydrogen-bond acceptors (Lipinski definition) is 3. The Morgan fingerprint density at radius 3 is 2.20 bits per heavy atom. The van der Waals surface area contributed by atoms with E-state index < -0.39 is 0 Å². The molecule has 7 N–H and O–H groups in total. The van der Waals surface area contributed by atoms with Gasteiger partial charge in [-0.1, -0.05) is 24.3 Å². The fourth-order valence-corrected chi connectivity index (χ4v) is 3.08. The molecule has 0 aliphatic carbocycles. The molecular formula is C20H24N4O. The monoisotopic (exact) mass is 336 g/mol. The highest BCUT2D eigenvalue weighted by Gasteiger charge is 2.06. The van der Waals surface area contributed by atoms with E-state index in [9.17, 15) is 5.11 Å². The van der Waals surface area contributed by atoms with Crippen LogP contribution in [0.3, 0.4) is 0 Å². The third-order valence-corrected chi connectivity index (χ3v) is 4.27. The molecule has 4 aromatic rings. The number of aromatic amines is 2.